The zero-order chi connectivity index (χ0) is 9.68. The Morgan fingerprint density at radius 3 is 2.62 bits per heavy atom. The molecule has 0 aromatic carbocycles. The highest BCUT2D eigenvalue weighted by Gasteiger charge is 2.05. The summed E-state index contributed by atoms with van der Waals surface area (Å²) in [5.41, 5.74) is 0. The number of rotatable bonds is 4. The first-order valence-corrected chi connectivity index (χ1v) is 4.91. The van der Waals surface area contributed by atoms with Crippen LogP contribution in [-0.2, 0) is 0 Å². The SMILES string of the molecule is CCC(CC)Oc1cncc(Cl)c1. The maximum atomic E-state index is 5.77. The molecule has 3 heteroatoms. The molecule has 1 rings (SSSR count). The van der Waals surface area contributed by atoms with Crippen LogP contribution in [0.4, 0.5) is 0 Å². The third-order valence-corrected chi connectivity index (χ3v) is 2.10. The van der Waals surface area contributed by atoms with Crippen LogP contribution in [0.2, 0.25) is 5.02 Å². The zero-order valence-corrected chi connectivity index (χ0v) is 8.71. The highest BCUT2D eigenvalue weighted by molar-refractivity contribution is 6.30. The average molecular weight is 200 g/mol. The van der Waals surface area contributed by atoms with Gasteiger partial charge in [-0.1, -0.05) is 25.4 Å². The van der Waals surface area contributed by atoms with Gasteiger partial charge in [-0.3, -0.25) is 4.98 Å². The summed E-state index contributed by atoms with van der Waals surface area (Å²) >= 11 is 5.77. The minimum absolute atomic E-state index is 0.264. The molecular formula is C10H14ClNO. The molecule has 0 saturated heterocycles. The fraction of sp³-hybridized carbons (Fsp3) is 0.500. The second-order valence-corrected chi connectivity index (χ2v) is 3.33. The van der Waals surface area contributed by atoms with Crippen LogP contribution in [0.25, 0.3) is 0 Å². The molecule has 0 N–H and O–H groups in total. The predicted octanol–water partition coefficient (Wildman–Crippen LogP) is 3.30. The molecule has 0 bridgehead atoms. The molecule has 0 saturated carbocycles. The minimum atomic E-state index is 0.264. The Bertz CT molecular complexity index is 261. The summed E-state index contributed by atoms with van der Waals surface area (Å²) in [7, 11) is 0. The molecule has 1 aromatic heterocycles. The van der Waals surface area contributed by atoms with Crippen molar-refractivity contribution in [3.8, 4) is 5.75 Å². The first-order valence-electron chi connectivity index (χ1n) is 4.53. The summed E-state index contributed by atoms with van der Waals surface area (Å²) < 4.78 is 5.65. The monoisotopic (exact) mass is 199 g/mol. The van der Waals surface area contributed by atoms with Gasteiger partial charge in [-0.15, -0.1) is 0 Å². The third kappa shape index (κ3) is 3.23. The van der Waals surface area contributed by atoms with E-state index in [0.29, 0.717) is 5.02 Å². The van der Waals surface area contributed by atoms with Crippen LogP contribution in [0, 0.1) is 0 Å². The van der Waals surface area contributed by atoms with Gasteiger partial charge in [0.05, 0.1) is 17.3 Å². The maximum Gasteiger partial charge on any atom is 0.139 e. The van der Waals surface area contributed by atoms with E-state index in [-0.39, 0.29) is 6.10 Å². The Morgan fingerprint density at radius 2 is 2.08 bits per heavy atom. The number of hydrogen-bond acceptors (Lipinski definition) is 2. The van der Waals surface area contributed by atoms with Crippen LogP contribution >= 0.6 is 11.6 Å². The van der Waals surface area contributed by atoms with Gasteiger partial charge in [0.25, 0.3) is 0 Å². The van der Waals surface area contributed by atoms with Crippen LogP contribution < -0.4 is 4.74 Å². The van der Waals surface area contributed by atoms with Gasteiger partial charge in [-0.25, -0.2) is 0 Å². The number of nitrogens with zero attached hydrogens (tertiary/aromatic N) is 1. The Balaban J connectivity index is 2.62. The molecule has 72 valence electrons. The van der Waals surface area contributed by atoms with Crippen molar-refractivity contribution in [1.29, 1.82) is 0 Å². The molecule has 2 nitrogen and oxygen atoms in total. The van der Waals surface area contributed by atoms with E-state index in [2.05, 4.69) is 18.8 Å². The Kier molecular flexibility index (Phi) is 4.03. The van der Waals surface area contributed by atoms with E-state index in [4.69, 9.17) is 16.3 Å². The van der Waals surface area contributed by atoms with Crippen LogP contribution in [0.3, 0.4) is 0 Å². The fourth-order valence-corrected chi connectivity index (χ4v) is 1.27. The lowest BCUT2D eigenvalue weighted by Crippen LogP contribution is -2.13. The summed E-state index contributed by atoms with van der Waals surface area (Å²) in [6.07, 6.45) is 5.55. The van der Waals surface area contributed by atoms with Crippen LogP contribution in [0.1, 0.15) is 26.7 Å². The summed E-state index contributed by atoms with van der Waals surface area (Å²) in [6.45, 7) is 4.21. The Labute approximate surface area is 83.9 Å². The Hall–Kier alpha value is -0.760. The molecule has 0 atom stereocenters. The molecule has 0 amide bonds. The van der Waals surface area contributed by atoms with Gasteiger partial charge >= 0.3 is 0 Å². The van der Waals surface area contributed by atoms with Gasteiger partial charge in [-0.2, -0.15) is 0 Å². The van der Waals surface area contributed by atoms with E-state index in [1.54, 1.807) is 18.5 Å². The summed E-state index contributed by atoms with van der Waals surface area (Å²) in [5, 5.41) is 0.614. The van der Waals surface area contributed by atoms with Crippen LogP contribution in [-0.4, -0.2) is 11.1 Å². The highest BCUT2D eigenvalue weighted by atomic mass is 35.5. The van der Waals surface area contributed by atoms with E-state index < -0.39 is 0 Å². The normalized spacial score (nSPS) is 10.5. The minimum Gasteiger partial charge on any atom is -0.489 e. The van der Waals surface area contributed by atoms with Crippen molar-refractivity contribution < 1.29 is 4.74 Å². The van der Waals surface area contributed by atoms with Crippen molar-refractivity contribution in [2.45, 2.75) is 32.8 Å². The molecule has 0 aliphatic rings. The second-order valence-electron chi connectivity index (χ2n) is 2.90. The molecule has 0 fully saturated rings. The molecule has 0 aliphatic heterocycles. The van der Waals surface area contributed by atoms with Crippen molar-refractivity contribution in [3.05, 3.63) is 23.5 Å². The summed E-state index contributed by atoms with van der Waals surface area (Å²) in [5.74, 6) is 0.751. The Morgan fingerprint density at radius 1 is 1.38 bits per heavy atom. The predicted molar refractivity (Wildman–Crippen MR) is 54.2 cm³/mol. The van der Waals surface area contributed by atoms with Gasteiger partial charge < -0.3 is 4.74 Å². The summed E-state index contributed by atoms with van der Waals surface area (Å²) in [4.78, 5) is 3.95. The van der Waals surface area contributed by atoms with Gasteiger partial charge in [0, 0.05) is 12.3 Å². The van der Waals surface area contributed by atoms with Crippen molar-refractivity contribution in [1.82, 2.24) is 4.98 Å². The second kappa shape index (κ2) is 5.07. The number of halogens is 1. The van der Waals surface area contributed by atoms with E-state index in [1.807, 2.05) is 0 Å². The van der Waals surface area contributed by atoms with Crippen molar-refractivity contribution >= 4 is 11.6 Å². The number of aromatic nitrogens is 1. The van der Waals surface area contributed by atoms with Gasteiger partial charge in [0.1, 0.15) is 5.75 Å². The highest BCUT2D eigenvalue weighted by Crippen LogP contribution is 2.18. The number of pyridine rings is 1. The van der Waals surface area contributed by atoms with E-state index in [9.17, 15) is 0 Å². The van der Waals surface area contributed by atoms with Crippen molar-refractivity contribution in [2.75, 3.05) is 0 Å². The quantitative estimate of drug-likeness (QED) is 0.743. The topological polar surface area (TPSA) is 22.1 Å². The van der Waals surface area contributed by atoms with Gasteiger partial charge in [0.15, 0.2) is 0 Å². The lowest BCUT2D eigenvalue weighted by Gasteiger charge is -2.14. The standard InChI is InChI=1S/C10H14ClNO/c1-3-9(4-2)13-10-5-8(11)6-12-7-10/h5-7,9H,3-4H2,1-2H3. The molecule has 0 unspecified atom stereocenters. The number of hydrogen-bond donors (Lipinski definition) is 0. The van der Waals surface area contributed by atoms with Gasteiger partial charge in [-0.05, 0) is 12.8 Å². The third-order valence-electron chi connectivity index (χ3n) is 1.89. The molecule has 1 aromatic rings. The smallest absolute Gasteiger partial charge is 0.139 e. The summed E-state index contributed by atoms with van der Waals surface area (Å²) in [6, 6.07) is 1.78. The molecule has 13 heavy (non-hydrogen) atoms. The van der Waals surface area contributed by atoms with Crippen LogP contribution in [0.15, 0.2) is 18.5 Å². The van der Waals surface area contributed by atoms with E-state index in [0.717, 1.165) is 18.6 Å². The first-order chi connectivity index (χ1) is 6.26. The van der Waals surface area contributed by atoms with Crippen LogP contribution in [0.5, 0.6) is 5.75 Å². The largest absolute Gasteiger partial charge is 0.489 e. The van der Waals surface area contributed by atoms with Gasteiger partial charge in [0.2, 0.25) is 0 Å². The fourth-order valence-electron chi connectivity index (χ4n) is 1.10. The molecule has 0 aliphatic carbocycles. The maximum absolute atomic E-state index is 5.77. The molecule has 0 spiro atoms. The van der Waals surface area contributed by atoms with Crippen molar-refractivity contribution in [3.63, 3.8) is 0 Å². The lowest BCUT2D eigenvalue weighted by molar-refractivity contribution is 0.192. The van der Waals surface area contributed by atoms with E-state index in [1.165, 1.54) is 0 Å². The molecule has 1 heterocycles. The molecule has 0 radical (unpaired) electrons. The first kappa shape index (κ1) is 10.3. The molecular weight excluding hydrogens is 186 g/mol. The average Bonchev–Trinajstić information content (AvgIpc) is 2.14. The zero-order valence-electron chi connectivity index (χ0n) is 7.96. The van der Waals surface area contributed by atoms with E-state index >= 15 is 0 Å². The van der Waals surface area contributed by atoms with Crippen molar-refractivity contribution in [2.24, 2.45) is 0 Å². The lowest BCUT2D eigenvalue weighted by atomic mass is 10.2. The number of ether oxygens (including phenoxy) is 1.